The fourth-order valence-corrected chi connectivity index (χ4v) is 5.72. The Hall–Kier alpha value is -1.22. The molecule has 3 saturated heterocycles. The number of piperidine rings is 1. The van der Waals surface area contributed by atoms with Crippen molar-refractivity contribution in [3.63, 3.8) is 0 Å². The predicted molar refractivity (Wildman–Crippen MR) is 108 cm³/mol. The first-order valence-corrected chi connectivity index (χ1v) is 11.2. The van der Waals surface area contributed by atoms with Crippen LogP contribution in [0.3, 0.4) is 0 Å². The highest BCUT2D eigenvalue weighted by atomic mass is 15.4. The van der Waals surface area contributed by atoms with Crippen LogP contribution in [0.5, 0.6) is 0 Å². The second-order valence-electron chi connectivity index (χ2n) is 9.21. The van der Waals surface area contributed by atoms with Crippen LogP contribution in [0, 0.1) is 46.3 Å². The molecule has 3 aliphatic heterocycles. The van der Waals surface area contributed by atoms with Crippen LogP contribution in [0.2, 0.25) is 0 Å². The minimum Gasteiger partial charge on any atom is -0.302 e. The van der Waals surface area contributed by atoms with E-state index in [1.165, 1.54) is 12.8 Å². The Morgan fingerprint density at radius 1 is 0.893 bits per heavy atom. The van der Waals surface area contributed by atoms with E-state index < -0.39 is 0 Å². The molecule has 0 radical (unpaired) electrons. The lowest BCUT2D eigenvalue weighted by atomic mass is 9.76. The minimum absolute atomic E-state index is 0.219. The van der Waals surface area contributed by atoms with Crippen LogP contribution in [-0.4, -0.2) is 67.8 Å². The quantitative estimate of drug-likeness (QED) is 0.662. The molecule has 0 aromatic heterocycles. The average molecular weight is 386 g/mol. The second kappa shape index (κ2) is 9.52. The van der Waals surface area contributed by atoms with Gasteiger partial charge in [0.2, 0.25) is 0 Å². The topological polar surface area (TPSA) is 90.2 Å². The van der Waals surface area contributed by atoms with Gasteiger partial charge in [-0.1, -0.05) is 0 Å². The van der Waals surface area contributed by atoms with Gasteiger partial charge in [0.25, 0.3) is 0 Å². The molecule has 1 aliphatic carbocycles. The SMILES string of the molecule is N#CC1CCC(C2NNCC2CN2CCN(C3CC(C#N)CCN3)CC2)CC1. The lowest BCUT2D eigenvalue weighted by Gasteiger charge is -2.43. The fraction of sp³-hybridized carbons (Fsp3) is 0.905. The molecule has 0 bridgehead atoms. The van der Waals surface area contributed by atoms with Gasteiger partial charge in [-0.3, -0.25) is 15.8 Å². The van der Waals surface area contributed by atoms with Gasteiger partial charge in [0.1, 0.15) is 0 Å². The Labute approximate surface area is 169 Å². The number of rotatable bonds is 4. The first-order chi connectivity index (χ1) is 13.8. The van der Waals surface area contributed by atoms with Gasteiger partial charge in [-0.2, -0.15) is 10.5 Å². The maximum Gasteiger partial charge on any atom is 0.0657 e. The van der Waals surface area contributed by atoms with E-state index in [9.17, 15) is 5.26 Å². The zero-order valence-corrected chi connectivity index (χ0v) is 16.9. The van der Waals surface area contributed by atoms with Gasteiger partial charge < -0.3 is 10.2 Å². The number of hydrogen-bond donors (Lipinski definition) is 3. The lowest BCUT2D eigenvalue weighted by molar-refractivity contribution is 0.0527. The van der Waals surface area contributed by atoms with Crippen LogP contribution in [0.15, 0.2) is 0 Å². The Morgan fingerprint density at radius 2 is 1.64 bits per heavy atom. The highest BCUT2D eigenvalue weighted by Gasteiger charge is 2.37. The van der Waals surface area contributed by atoms with Crippen molar-refractivity contribution in [1.29, 1.82) is 10.5 Å². The number of hydrazine groups is 1. The highest BCUT2D eigenvalue weighted by molar-refractivity contribution is 4.96. The zero-order valence-electron chi connectivity index (χ0n) is 16.9. The summed E-state index contributed by atoms with van der Waals surface area (Å²) >= 11 is 0. The number of nitriles is 2. The van der Waals surface area contributed by atoms with Crippen molar-refractivity contribution in [1.82, 2.24) is 26.0 Å². The maximum absolute atomic E-state index is 9.24. The van der Waals surface area contributed by atoms with Crippen LogP contribution in [0.25, 0.3) is 0 Å². The normalized spacial score (nSPS) is 40.6. The maximum atomic E-state index is 9.24. The summed E-state index contributed by atoms with van der Waals surface area (Å²) in [6.07, 6.45) is 6.88. The molecule has 7 nitrogen and oxygen atoms in total. The van der Waals surface area contributed by atoms with E-state index in [0.29, 0.717) is 24.0 Å². The van der Waals surface area contributed by atoms with Crippen LogP contribution in [0.1, 0.15) is 38.5 Å². The Balaban J connectivity index is 1.23. The van der Waals surface area contributed by atoms with Gasteiger partial charge in [0.15, 0.2) is 0 Å². The summed E-state index contributed by atoms with van der Waals surface area (Å²) in [5.74, 6) is 1.87. The summed E-state index contributed by atoms with van der Waals surface area (Å²) in [6, 6.07) is 5.47. The first kappa shape index (κ1) is 20.1. The second-order valence-corrected chi connectivity index (χ2v) is 9.21. The van der Waals surface area contributed by atoms with E-state index in [2.05, 4.69) is 38.1 Å². The molecule has 7 heteroatoms. The smallest absolute Gasteiger partial charge is 0.0657 e. The Kier molecular flexibility index (Phi) is 6.82. The molecule has 4 unspecified atom stereocenters. The molecule has 0 amide bonds. The third-order valence-corrected chi connectivity index (χ3v) is 7.51. The molecule has 4 aliphatic rings. The molecule has 3 heterocycles. The third-order valence-electron chi connectivity index (χ3n) is 7.51. The molecule has 4 fully saturated rings. The van der Waals surface area contributed by atoms with Crippen LogP contribution in [-0.2, 0) is 0 Å². The van der Waals surface area contributed by atoms with Crippen LogP contribution >= 0.6 is 0 Å². The fourth-order valence-electron chi connectivity index (χ4n) is 5.72. The molecule has 154 valence electrons. The van der Waals surface area contributed by atoms with Crippen LogP contribution in [0.4, 0.5) is 0 Å². The molecule has 0 spiro atoms. The van der Waals surface area contributed by atoms with E-state index in [0.717, 1.165) is 71.5 Å². The standard InChI is InChI=1S/C21H35N7/c22-12-16-1-3-18(4-2-16)21-19(14-25-26-21)15-27-7-9-28(10-8-27)20-11-17(13-23)5-6-24-20/h16-21,24-26H,1-11,14-15H2. The summed E-state index contributed by atoms with van der Waals surface area (Å²) in [5.41, 5.74) is 6.97. The molecule has 4 atom stereocenters. The monoisotopic (exact) mass is 385 g/mol. The van der Waals surface area contributed by atoms with Crippen molar-refractivity contribution in [3.8, 4) is 12.1 Å². The zero-order chi connectivity index (χ0) is 19.3. The van der Waals surface area contributed by atoms with Gasteiger partial charge in [0, 0.05) is 57.1 Å². The number of nitrogens with one attached hydrogen (secondary N) is 3. The van der Waals surface area contributed by atoms with E-state index in [-0.39, 0.29) is 11.8 Å². The van der Waals surface area contributed by atoms with Crippen molar-refractivity contribution in [2.75, 3.05) is 45.8 Å². The van der Waals surface area contributed by atoms with E-state index in [1.807, 2.05) is 0 Å². The largest absolute Gasteiger partial charge is 0.302 e. The van der Waals surface area contributed by atoms with Gasteiger partial charge in [-0.15, -0.1) is 0 Å². The number of piperazine rings is 1. The lowest BCUT2D eigenvalue weighted by Crippen LogP contribution is -2.57. The van der Waals surface area contributed by atoms with Crippen LogP contribution < -0.4 is 16.2 Å². The van der Waals surface area contributed by atoms with Gasteiger partial charge >= 0.3 is 0 Å². The number of hydrogen-bond acceptors (Lipinski definition) is 7. The molecular weight excluding hydrogens is 350 g/mol. The molecule has 28 heavy (non-hydrogen) atoms. The van der Waals surface area contributed by atoms with Crippen molar-refractivity contribution >= 4 is 0 Å². The summed E-state index contributed by atoms with van der Waals surface area (Å²) in [4.78, 5) is 5.18. The highest BCUT2D eigenvalue weighted by Crippen LogP contribution is 2.34. The number of nitrogens with zero attached hydrogens (tertiary/aromatic N) is 4. The Morgan fingerprint density at radius 3 is 2.36 bits per heavy atom. The van der Waals surface area contributed by atoms with Crippen molar-refractivity contribution < 1.29 is 0 Å². The molecule has 0 aromatic carbocycles. The van der Waals surface area contributed by atoms with Crippen molar-refractivity contribution in [2.45, 2.75) is 50.7 Å². The van der Waals surface area contributed by atoms with Gasteiger partial charge in [-0.25, -0.2) is 0 Å². The van der Waals surface area contributed by atoms with Crippen molar-refractivity contribution in [2.24, 2.45) is 23.7 Å². The molecular formula is C21H35N7. The summed E-state index contributed by atoms with van der Waals surface area (Å²) in [6.45, 7) is 7.63. The molecule has 1 saturated carbocycles. The van der Waals surface area contributed by atoms with Gasteiger partial charge in [-0.05, 0) is 51.0 Å². The summed E-state index contributed by atoms with van der Waals surface area (Å²) in [5, 5.41) is 22.0. The predicted octanol–water partition coefficient (Wildman–Crippen LogP) is 0.876. The minimum atomic E-state index is 0.219. The van der Waals surface area contributed by atoms with Gasteiger partial charge in [0.05, 0.1) is 24.2 Å². The average Bonchev–Trinajstić information content (AvgIpc) is 3.22. The molecule has 4 rings (SSSR count). The Bertz CT molecular complexity index is 581. The first-order valence-electron chi connectivity index (χ1n) is 11.2. The molecule has 3 N–H and O–H groups in total. The third kappa shape index (κ3) is 4.67. The summed E-state index contributed by atoms with van der Waals surface area (Å²) < 4.78 is 0. The van der Waals surface area contributed by atoms with E-state index in [4.69, 9.17) is 5.26 Å². The van der Waals surface area contributed by atoms with E-state index >= 15 is 0 Å². The molecule has 0 aromatic rings. The summed E-state index contributed by atoms with van der Waals surface area (Å²) in [7, 11) is 0. The van der Waals surface area contributed by atoms with E-state index in [1.54, 1.807) is 0 Å². The van der Waals surface area contributed by atoms with Crippen molar-refractivity contribution in [3.05, 3.63) is 0 Å².